The average molecular weight is 314 g/mol. The summed E-state index contributed by atoms with van der Waals surface area (Å²) >= 11 is 0. The summed E-state index contributed by atoms with van der Waals surface area (Å²) in [5, 5.41) is 4.32. The minimum Gasteiger partial charge on any atom is -0.339 e. The Morgan fingerprint density at radius 1 is 1.18 bits per heavy atom. The van der Waals surface area contributed by atoms with Gasteiger partial charge in [0.15, 0.2) is 0 Å². The van der Waals surface area contributed by atoms with Gasteiger partial charge in [0.2, 0.25) is 11.7 Å². The van der Waals surface area contributed by atoms with E-state index in [0.717, 1.165) is 5.56 Å². The van der Waals surface area contributed by atoms with E-state index < -0.39 is 9.73 Å². The second-order valence-electron chi connectivity index (χ2n) is 4.75. The van der Waals surface area contributed by atoms with Crippen LogP contribution in [0.15, 0.2) is 62.6 Å². The molecule has 22 heavy (non-hydrogen) atoms. The Kier molecular flexibility index (Phi) is 3.72. The van der Waals surface area contributed by atoms with Gasteiger partial charge in [-0.05, 0) is 24.3 Å². The molecule has 2 aromatic heterocycles. The highest BCUT2D eigenvalue weighted by Gasteiger charge is 2.09. The first-order chi connectivity index (χ1) is 10.5. The van der Waals surface area contributed by atoms with Gasteiger partial charge in [0.05, 0.1) is 15.4 Å². The molecule has 0 aliphatic heterocycles. The lowest BCUT2D eigenvalue weighted by Crippen LogP contribution is -1.99. The number of pyridine rings is 1. The third kappa shape index (κ3) is 3.04. The molecular weight excluding hydrogens is 300 g/mol. The zero-order valence-electron chi connectivity index (χ0n) is 12.1. The number of benzene rings is 1. The highest BCUT2D eigenvalue weighted by molar-refractivity contribution is 7.93. The SMILES string of the molecule is Cc1nc(-c2cccc(N=S(C)(=O)c3ccccn3)c2)no1. The Labute approximate surface area is 128 Å². The maximum atomic E-state index is 12.7. The Morgan fingerprint density at radius 2 is 2.05 bits per heavy atom. The van der Waals surface area contributed by atoms with Crippen molar-refractivity contribution in [2.75, 3.05) is 6.26 Å². The van der Waals surface area contributed by atoms with E-state index in [1.807, 2.05) is 12.1 Å². The molecule has 0 aliphatic carbocycles. The number of aryl methyl sites for hydroxylation is 1. The van der Waals surface area contributed by atoms with Crippen LogP contribution in [0.25, 0.3) is 11.4 Å². The van der Waals surface area contributed by atoms with Gasteiger partial charge in [-0.15, -0.1) is 0 Å². The predicted octanol–water partition coefficient (Wildman–Crippen LogP) is 3.23. The van der Waals surface area contributed by atoms with Crippen molar-refractivity contribution in [2.45, 2.75) is 11.9 Å². The summed E-state index contributed by atoms with van der Waals surface area (Å²) in [4.78, 5) is 8.30. The lowest BCUT2D eigenvalue weighted by atomic mass is 10.2. The Bertz CT molecular complexity index is 912. The molecule has 0 bridgehead atoms. The van der Waals surface area contributed by atoms with E-state index in [-0.39, 0.29) is 0 Å². The van der Waals surface area contributed by atoms with E-state index in [2.05, 4.69) is 19.5 Å². The zero-order valence-corrected chi connectivity index (χ0v) is 12.9. The molecular formula is C15H14N4O2S. The largest absolute Gasteiger partial charge is 0.339 e. The predicted molar refractivity (Wildman–Crippen MR) is 83.1 cm³/mol. The van der Waals surface area contributed by atoms with Crippen LogP contribution in [0.4, 0.5) is 5.69 Å². The van der Waals surface area contributed by atoms with Crippen LogP contribution in [-0.2, 0) is 9.73 Å². The Morgan fingerprint density at radius 3 is 2.73 bits per heavy atom. The maximum absolute atomic E-state index is 12.7. The summed E-state index contributed by atoms with van der Waals surface area (Å²) < 4.78 is 22.0. The molecule has 1 aromatic carbocycles. The minimum atomic E-state index is -2.61. The Balaban J connectivity index is 2.03. The highest BCUT2D eigenvalue weighted by atomic mass is 32.2. The van der Waals surface area contributed by atoms with E-state index in [4.69, 9.17) is 4.52 Å². The van der Waals surface area contributed by atoms with Gasteiger partial charge >= 0.3 is 0 Å². The molecule has 0 saturated carbocycles. The molecule has 2 heterocycles. The quantitative estimate of drug-likeness (QED) is 0.741. The van der Waals surface area contributed by atoms with E-state index in [0.29, 0.717) is 22.4 Å². The lowest BCUT2D eigenvalue weighted by molar-refractivity contribution is 0.394. The van der Waals surface area contributed by atoms with Crippen LogP contribution in [-0.4, -0.2) is 25.6 Å². The molecule has 0 saturated heterocycles. The standard InChI is InChI=1S/C15H14N4O2S/c1-11-17-15(18-21-11)12-6-5-7-13(10-12)19-22(2,20)14-8-3-4-9-16-14/h3-10H,1-2H3. The number of nitrogens with zero attached hydrogens (tertiary/aromatic N) is 4. The van der Waals surface area contributed by atoms with Gasteiger partial charge in [0.25, 0.3) is 0 Å². The van der Waals surface area contributed by atoms with Gasteiger partial charge < -0.3 is 4.52 Å². The molecule has 1 unspecified atom stereocenters. The summed E-state index contributed by atoms with van der Waals surface area (Å²) in [5.74, 6) is 0.972. The molecule has 0 radical (unpaired) electrons. The second kappa shape index (κ2) is 5.69. The van der Waals surface area contributed by atoms with Crippen molar-refractivity contribution >= 4 is 15.4 Å². The molecule has 3 rings (SSSR count). The third-order valence-corrected chi connectivity index (χ3v) is 4.51. The minimum absolute atomic E-state index is 0.454. The molecule has 7 heteroatoms. The molecule has 0 spiro atoms. The fourth-order valence-corrected chi connectivity index (χ4v) is 3.13. The van der Waals surface area contributed by atoms with E-state index in [1.165, 1.54) is 0 Å². The lowest BCUT2D eigenvalue weighted by Gasteiger charge is -2.04. The van der Waals surface area contributed by atoms with Gasteiger partial charge in [0, 0.05) is 24.9 Å². The van der Waals surface area contributed by atoms with Crippen LogP contribution in [0, 0.1) is 6.92 Å². The van der Waals surface area contributed by atoms with Crippen LogP contribution >= 0.6 is 0 Å². The molecule has 0 amide bonds. The van der Waals surface area contributed by atoms with Gasteiger partial charge in [-0.2, -0.15) is 9.35 Å². The summed E-state index contributed by atoms with van der Waals surface area (Å²) in [5.41, 5.74) is 1.34. The topological polar surface area (TPSA) is 81.2 Å². The van der Waals surface area contributed by atoms with Crippen LogP contribution in [0.1, 0.15) is 5.89 Å². The van der Waals surface area contributed by atoms with Gasteiger partial charge in [-0.25, -0.2) is 9.19 Å². The molecule has 0 fully saturated rings. The first-order valence-electron chi connectivity index (χ1n) is 6.58. The first-order valence-corrected chi connectivity index (χ1v) is 8.51. The van der Waals surface area contributed by atoms with Crippen molar-refractivity contribution < 1.29 is 8.73 Å². The van der Waals surface area contributed by atoms with Crippen molar-refractivity contribution in [3.05, 3.63) is 54.6 Å². The van der Waals surface area contributed by atoms with Crippen molar-refractivity contribution in [1.82, 2.24) is 15.1 Å². The fourth-order valence-electron chi connectivity index (χ4n) is 1.94. The van der Waals surface area contributed by atoms with Gasteiger partial charge in [-0.1, -0.05) is 23.4 Å². The summed E-state index contributed by atoms with van der Waals surface area (Å²) in [6, 6.07) is 12.5. The van der Waals surface area contributed by atoms with Gasteiger partial charge in [-0.3, -0.25) is 0 Å². The van der Waals surface area contributed by atoms with Gasteiger partial charge in [0.1, 0.15) is 5.03 Å². The molecule has 6 nitrogen and oxygen atoms in total. The van der Waals surface area contributed by atoms with Crippen molar-refractivity contribution in [3.63, 3.8) is 0 Å². The van der Waals surface area contributed by atoms with Crippen LogP contribution in [0.3, 0.4) is 0 Å². The fraction of sp³-hybridized carbons (Fsp3) is 0.133. The van der Waals surface area contributed by atoms with E-state index >= 15 is 0 Å². The van der Waals surface area contributed by atoms with Crippen molar-refractivity contribution in [1.29, 1.82) is 0 Å². The monoisotopic (exact) mass is 314 g/mol. The summed E-state index contributed by atoms with van der Waals surface area (Å²) in [7, 11) is -2.61. The number of hydrogen-bond donors (Lipinski definition) is 0. The first kappa shape index (κ1) is 14.4. The zero-order chi connectivity index (χ0) is 15.6. The van der Waals surface area contributed by atoms with Crippen molar-refractivity contribution in [2.24, 2.45) is 4.36 Å². The van der Waals surface area contributed by atoms with E-state index in [9.17, 15) is 4.21 Å². The summed E-state index contributed by atoms with van der Waals surface area (Å²) in [6.45, 7) is 1.73. The van der Waals surface area contributed by atoms with Crippen LogP contribution in [0.5, 0.6) is 0 Å². The number of rotatable bonds is 3. The average Bonchev–Trinajstić information content (AvgIpc) is 2.95. The third-order valence-electron chi connectivity index (χ3n) is 2.94. The normalized spacial score (nSPS) is 13.5. The summed E-state index contributed by atoms with van der Waals surface area (Å²) in [6.07, 6.45) is 3.17. The molecule has 3 aromatic rings. The molecule has 112 valence electrons. The van der Waals surface area contributed by atoms with Crippen LogP contribution in [0.2, 0.25) is 0 Å². The second-order valence-corrected chi connectivity index (χ2v) is 6.96. The Hall–Kier alpha value is -2.54. The van der Waals surface area contributed by atoms with Crippen molar-refractivity contribution in [3.8, 4) is 11.4 Å². The van der Waals surface area contributed by atoms with E-state index in [1.54, 1.807) is 49.7 Å². The number of aromatic nitrogens is 3. The maximum Gasteiger partial charge on any atom is 0.223 e. The highest BCUT2D eigenvalue weighted by Crippen LogP contribution is 2.24. The molecule has 1 atom stereocenters. The molecule has 0 N–H and O–H groups in total. The smallest absolute Gasteiger partial charge is 0.223 e. The molecule has 0 aliphatic rings. The van der Waals surface area contributed by atoms with Crippen LogP contribution < -0.4 is 0 Å². The number of hydrogen-bond acceptors (Lipinski definition) is 6.